The van der Waals surface area contributed by atoms with Crippen molar-refractivity contribution in [2.75, 3.05) is 13.7 Å². The number of nitrogens with one attached hydrogen (secondary N) is 1. The third-order valence-corrected chi connectivity index (χ3v) is 3.16. The highest BCUT2D eigenvalue weighted by molar-refractivity contribution is 5.34. The van der Waals surface area contributed by atoms with E-state index in [-0.39, 0.29) is 5.82 Å². The van der Waals surface area contributed by atoms with Gasteiger partial charge in [0, 0.05) is 12.1 Å². The van der Waals surface area contributed by atoms with Gasteiger partial charge in [-0.1, -0.05) is 51.2 Å². The zero-order valence-electron chi connectivity index (χ0n) is 12.2. The molecule has 0 saturated heterocycles. The molecule has 19 heavy (non-hydrogen) atoms. The Balaban J connectivity index is 2.32. The monoisotopic (exact) mass is 267 g/mol. The van der Waals surface area contributed by atoms with E-state index in [1.165, 1.54) is 31.7 Å². The molecule has 1 aromatic rings. The van der Waals surface area contributed by atoms with Crippen molar-refractivity contribution in [3.8, 4) is 5.75 Å². The molecule has 1 N–H and O–H groups in total. The molecule has 108 valence electrons. The summed E-state index contributed by atoms with van der Waals surface area (Å²) >= 11 is 0. The minimum Gasteiger partial charge on any atom is -0.490 e. The van der Waals surface area contributed by atoms with E-state index in [0.717, 1.165) is 18.4 Å². The minimum atomic E-state index is -0.265. The Morgan fingerprint density at radius 3 is 2.58 bits per heavy atom. The third kappa shape index (κ3) is 6.06. The summed E-state index contributed by atoms with van der Waals surface area (Å²) in [7, 11) is 1.85. The first-order valence-corrected chi connectivity index (χ1v) is 7.34. The lowest BCUT2D eigenvalue weighted by atomic mass is 10.1. The number of unbranched alkanes of at least 4 members (excludes halogenated alkanes) is 5. The van der Waals surface area contributed by atoms with Crippen molar-refractivity contribution in [1.82, 2.24) is 5.32 Å². The first-order chi connectivity index (χ1) is 9.29. The maximum atomic E-state index is 13.7. The number of benzene rings is 1. The highest BCUT2D eigenvalue weighted by Gasteiger charge is 2.08. The van der Waals surface area contributed by atoms with E-state index >= 15 is 0 Å². The largest absolute Gasteiger partial charge is 0.490 e. The Hall–Kier alpha value is -1.09. The van der Waals surface area contributed by atoms with Crippen LogP contribution in [0, 0.1) is 5.82 Å². The van der Waals surface area contributed by atoms with E-state index in [9.17, 15) is 4.39 Å². The average Bonchev–Trinajstić information content (AvgIpc) is 2.41. The van der Waals surface area contributed by atoms with Crippen LogP contribution in [0.15, 0.2) is 18.2 Å². The lowest BCUT2D eigenvalue weighted by Gasteiger charge is -2.12. The molecule has 1 rings (SSSR count). The van der Waals surface area contributed by atoms with Crippen LogP contribution in [0.1, 0.15) is 51.0 Å². The molecular weight excluding hydrogens is 241 g/mol. The summed E-state index contributed by atoms with van der Waals surface area (Å²) in [6, 6.07) is 5.07. The fourth-order valence-corrected chi connectivity index (χ4v) is 2.10. The summed E-state index contributed by atoms with van der Waals surface area (Å²) < 4.78 is 19.3. The average molecular weight is 267 g/mol. The van der Waals surface area contributed by atoms with E-state index in [1.54, 1.807) is 6.07 Å². The van der Waals surface area contributed by atoms with E-state index in [4.69, 9.17) is 4.74 Å². The molecular formula is C16H26FNO. The molecule has 0 spiro atoms. The molecule has 2 nitrogen and oxygen atoms in total. The van der Waals surface area contributed by atoms with Gasteiger partial charge in [-0.05, 0) is 19.5 Å². The van der Waals surface area contributed by atoms with Crippen LogP contribution in [-0.2, 0) is 6.54 Å². The molecule has 0 atom stereocenters. The summed E-state index contributed by atoms with van der Waals surface area (Å²) in [5.74, 6) is 0.143. The van der Waals surface area contributed by atoms with Crippen LogP contribution < -0.4 is 10.1 Å². The Morgan fingerprint density at radius 2 is 1.84 bits per heavy atom. The van der Waals surface area contributed by atoms with Gasteiger partial charge in [-0.3, -0.25) is 0 Å². The molecule has 0 amide bonds. The van der Waals surface area contributed by atoms with Gasteiger partial charge in [0.2, 0.25) is 0 Å². The second kappa shape index (κ2) is 9.79. The first-order valence-electron chi connectivity index (χ1n) is 7.34. The SMILES string of the molecule is CCCCCCCCOc1c(F)cccc1CNC. The maximum absolute atomic E-state index is 13.7. The molecule has 0 aliphatic rings. The molecule has 3 heteroatoms. The van der Waals surface area contributed by atoms with Crippen molar-refractivity contribution in [3.63, 3.8) is 0 Å². The van der Waals surface area contributed by atoms with Gasteiger partial charge in [0.15, 0.2) is 11.6 Å². The maximum Gasteiger partial charge on any atom is 0.165 e. The second-order valence-electron chi connectivity index (χ2n) is 4.87. The molecule has 0 aromatic heterocycles. The van der Waals surface area contributed by atoms with Crippen LogP contribution in [0.25, 0.3) is 0 Å². The molecule has 0 aliphatic heterocycles. The van der Waals surface area contributed by atoms with Gasteiger partial charge in [0.25, 0.3) is 0 Å². The van der Waals surface area contributed by atoms with Crippen LogP contribution in [0.5, 0.6) is 5.75 Å². The summed E-state index contributed by atoms with van der Waals surface area (Å²) in [6.07, 6.45) is 7.27. The second-order valence-corrected chi connectivity index (χ2v) is 4.87. The Kier molecular flexibility index (Phi) is 8.23. The van der Waals surface area contributed by atoms with Crippen LogP contribution in [0.4, 0.5) is 4.39 Å². The van der Waals surface area contributed by atoms with Gasteiger partial charge in [-0.2, -0.15) is 0 Å². The number of hydrogen-bond donors (Lipinski definition) is 1. The van der Waals surface area contributed by atoms with Crippen molar-refractivity contribution < 1.29 is 9.13 Å². The highest BCUT2D eigenvalue weighted by Crippen LogP contribution is 2.23. The van der Waals surface area contributed by atoms with E-state index in [1.807, 2.05) is 13.1 Å². The van der Waals surface area contributed by atoms with Gasteiger partial charge < -0.3 is 10.1 Å². The third-order valence-electron chi connectivity index (χ3n) is 3.16. The number of halogens is 1. The van der Waals surface area contributed by atoms with Gasteiger partial charge in [-0.25, -0.2) is 4.39 Å². The van der Waals surface area contributed by atoms with E-state index in [0.29, 0.717) is 18.9 Å². The standard InChI is InChI=1S/C16H26FNO/c1-3-4-5-6-7-8-12-19-16-14(13-18-2)10-9-11-15(16)17/h9-11,18H,3-8,12-13H2,1-2H3. The quantitative estimate of drug-likeness (QED) is 0.639. The van der Waals surface area contributed by atoms with Gasteiger partial charge in [0.1, 0.15) is 0 Å². The summed E-state index contributed by atoms with van der Waals surface area (Å²) in [4.78, 5) is 0. The van der Waals surface area contributed by atoms with Crippen LogP contribution in [0.2, 0.25) is 0 Å². The van der Waals surface area contributed by atoms with Crippen LogP contribution in [0.3, 0.4) is 0 Å². The van der Waals surface area contributed by atoms with Crippen LogP contribution in [-0.4, -0.2) is 13.7 Å². The Labute approximate surface area is 116 Å². The van der Waals surface area contributed by atoms with Gasteiger partial charge in [0.05, 0.1) is 6.61 Å². The Morgan fingerprint density at radius 1 is 1.11 bits per heavy atom. The normalized spacial score (nSPS) is 10.7. The zero-order valence-corrected chi connectivity index (χ0v) is 12.2. The summed E-state index contributed by atoms with van der Waals surface area (Å²) in [5.41, 5.74) is 0.883. The first kappa shape index (κ1) is 16.0. The van der Waals surface area contributed by atoms with Crippen molar-refractivity contribution in [1.29, 1.82) is 0 Å². The van der Waals surface area contributed by atoms with Gasteiger partial charge in [-0.15, -0.1) is 0 Å². The fourth-order valence-electron chi connectivity index (χ4n) is 2.10. The van der Waals surface area contributed by atoms with E-state index in [2.05, 4.69) is 12.2 Å². The molecule has 0 fully saturated rings. The van der Waals surface area contributed by atoms with Crippen LogP contribution >= 0.6 is 0 Å². The Bertz CT molecular complexity index is 355. The summed E-state index contributed by atoms with van der Waals surface area (Å²) in [5, 5.41) is 3.03. The number of ether oxygens (including phenoxy) is 1. The molecule has 0 unspecified atom stereocenters. The predicted octanol–water partition coefficient (Wildman–Crippen LogP) is 4.28. The lowest BCUT2D eigenvalue weighted by molar-refractivity contribution is 0.286. The van der Waals surface area contributed by atoms with Crippen molar-refractivity contribution in [2.45, 2.75) is 52.0 Å². The number of para-hydroxylation sites is 1. The highest BCUT2D eigenvalue weighted by atomic mass is 19.1. The number of hydrogen-bond acceptors (Lipinski definition) is 2. The molecule has 0 radical (unpaired) electrons. The predicted molar refractivity (Wildman–Crippen MR) is 78.0 cm³/mol. The van der Waals surface area contributed by atoms with Crippen molar-refractivity contribution in [2.24, 2.45) is 0 Å². The molecule has 1 aromatic carbocycles. The van der Waals surface area contributed by atoms with Gasteiger partial charge >= 0.3 is 0 Å². The molecule has 0 bridgehead atoms. The van der Waals surface area contributed by atoms with Crippen molar-refractivity contribution >= 4 is 0 Å². The minimum absolute atomic E-state index is 0.265. The molecule has 0 heterocycles. The molecule has 0 saturated carbocycles. The van der Waals surface area contributed by atoms with Crippen molar-refractivity contribution in [3.05, 3.63) is 29.6 Å². The van der Waals surface area contributed by atoms with E-state index < -0.39 is 0 Å². The zero-order chi connectivity index (χ0) is 13.9. The molecule has 0 aliphatic carbocycles. The lowest BCUT2D eigenvalue weighted by Crippen LogP contribution is -2.09. The topological polar surface area (TPSA) is 21.3 Å². The number of rotatable bonds is 10. The smallest absolute Gasteiger partial charge is 0.165 e. The fraction of sp³-hybridized carbons (Fsp3) is 0.625. The summed E-state index contributed by atoms with van der Waals surface area (Å²) in [6.45, 7) is 3.44.